The van der Waals surface area contributed by atoms with Crippen LogP contribution >= 0.6 is 0 Å². The molecule has 1 fully saturated rings. The Morgan fingerprint density at radius 1 is 1.17 bits per heavy atom. The molecule has 2 rings (SSSR count). The van der Waals surface area contributed by atoms with Crippen LogP contribution in [-0.4, -0.2) is 60.9 Å². The van der Waals surface area contributed by atoms with Crippen LogP contribution in [-0.2, 0) is 4.79 Å². The summed E-state index contributed by atoms with van der Waals surface area (Å²) in [7, 11) is 0. The molecule has 24 heavy (non-hydrogen) atoms. The Labute approximate surface area is 145 Å². The Morgan fingerprint density at radius 3 is 2.29 bits per heavy atom. The number of hydrogen-bond acceptors (Lipinski definition) is 2. The number of amides is 1. The molecule has 1 aromatic rings. The van der Waals surface area contributed by atoms with Crippen LogP contribution < -0.4 is 5.32 Å². The van der Waals surface area contributed by atoms with Gasteiger partial charge in [-0.3, -0.25) is 9.79 Å². The summed E-state index contributed by atoms with van der Waals surface area (Å²) in [5.74, 6) is 1.50. The molecule has 0 radical (unpaired) electrons. The Morgan fingerprint density at radius 2 is 1.75 bits per heavy atom. The van der Waals surface area contributed by atoms with E-state index in [1.54, 1.807) is 6.92 Å². The second kappa shape index (κ2) is 8.71. The molecule has 1 heterocycles. The predicted molar refractivity (Wildman–Crippen MR) is 99.4 cm³/mol. The van der Waals surface area contributed by atoms with E-state index in [-0.39, 0.29) is 5.91 Å². The smallest absolute Gasteiger partial charge is 0.219 e. The number of benzene rings is 1. The number of carbonyl (C=O) groups excluding carboxylic acids is 1. The Kier molecular flexibility index (Phi) is 6.64. The van der Waals surface area contributed by atoms with Gasteiger partial charge in [0.05, 0.1) is 0 Å². The number of nitrogens with zero attached hydrogens (tertiary/aromatic N) is 3. The first-order valence-corrected chi connectivity index (χ1v) is 8.86. The fraction of sp³-hybridized carbons (Fsp3) is 0.579. The third-order valence-corrected chi connectivity index (χ3v) is 4.52. The van der Waals surface area contributed by atoms with Gasteiger partial charge in [0.15, 0.2) is 5.96 Å². The number of rotatable bonds is 4. The maximum absolute atomic E-state index is 11.5. The highest BCUT2D eigenvalue weighted by Crippen LogP contribution is 2.16. The summed E-state index contributed by atoms with van der Waals surface area (Å²) in [6.45, 7) is 12.9. The lowest BCUT2D eigenvalue weighted by Gasteiger charge is -2.36. The zero-order valence-corrected chi connectivity index (χ0v) is 15.4. The molecule has 0 spiro atoms. The zero-order chi connectivity index (χ0) is 17.5. The van der Waals surface area contributed by atoms with E-state index < -0.39 is 0 Å². The second-order valence-corrected chi connectivity index (χ2v) is 6.50. The molecule has 1 N–H and O–H groups in total. The number of carbonyl (C=O) groups is 1. The average Bonchev–Trinajstić information content (AvgIpc) is 2.59. The van der Waals surface area contributed by atoms with Crippen LogP contribution in [0.15, 0.2) is 29.3 Å². The summed E-state index contributed by atoms with van der Waals surface area (Å²) in [6, 6.07) is 8.69. The highest BCUT2D eigenvalue weighted by Gasteiger charge is 2.21. The first-order valence-electron chi connectivity index (χ1n) is 8.86. The molecular formula is C19H30N4O. The summed E-state index contributed by atoms with van der Waals surface area (Å²) in [6.07, 6.45) is 0. The van der Waals surface area contributed by atoms with Crippen LogP contribution in [0.5, 0.6) is 0 Å². The minimum absolute atomic E-state index is 0.157. The van der Waals surface area contributed by atoms with Crippen molar-refractivity contribution in [2.24, 2.45) is 4.99 Å². The summed E-state index contributed by atoms with van der Waals surface area (Å²) in [5, 5.41) is 3.38. The van der Waals surface area contributed by atoms with E-state index in [2.05, 4.69) is 55.3 Å². The third kappa shape index (κ3) is 4.98. The molecule has 132 valence electrons. The van der Waals surface area contributed by atoms with E-state index in [0.29, 0.717) is 5.92 Å². The van der Waals surface area contributed by atoms with Crippen LogP contribution in [0.3, 0.4) is 0 Å². The van der Waals surface area contributed by atoms with Gasteiger partial charge in [0, 0.05) is 52.1 Å². The molecule has 0 bridgehead atoms. The number of aryl methyl sites for hydroxylation is 1. The lowest BCUT2D eigenvalue weighted by Crippen LogP contribution is -2.53. The Hall–Kier alpha value is -2.04. The van der Waals surface area contributed by atoms with Crippen molar-refractivity contribution in [2.75, 3.05) is 39.3 Å². The average molecular weight is 330 g/mol. The standard InChI is InChI=1S/C19H30N4O/c1-5-20-19(23-12-10-22(11-13-23)17(4)24)21-14-16(3)18-8-6-15(2)7-9-18/h6-9,16H,5,10-14H2,1-4H3,(H,20,21). The minimum Gasteiger partial charge on any atom is -0.357 e. The van der Waals surface area contributed by atoms with Crippen LogP contribution in [0, 0.1) is 6.92 Å². The van der Waals surface area contributed by atoms with Crippen molar-refractivity contribution in [3.63, 3.8) is 0 Å². The van der Waals surface area contributed by atoms with Gasteiger partial charge in [-0.1, -0.05) is 36.8 Å². The van der Waals surface area contributed by atoms with Crippen molar-refractivity contribution in [3.05, 3.63) is 35.4 Å². The Bertz CT molecular complexity index is 559. The monoisotopic (exact) mass is 330 g/mol. The highest BCUT2D eigenvalue weighted by molar-refractivity contribution is 5.80. The molecule has 1 aliphatic heterocycles. The van der Waals surface area contributed by atoms with Crippen molar-refractivity contribution < 1.29 is 4.79 Å². The maximum atomic E-state index is 11.5. The molecule has 1 aromatic carbocycles. The zero-order valence-electron chi connectivity index (χ0n) is 15.4. The number of nitrogens with one attached hydrogen (secondary N) is 1. The van der Waals surface area contributed by atoms with E-state index in [0.717, 1.165) is 45.2 Å². The van der Waals surface area contributed by atoms with E-state index in [9.17, 15) is 4.79 Å². The molecule has 1 saturated heterocycles. The van der Waals surface area contributed by atoms with Crippen LogP contribution in [0.25, 0.3) is 0 Å². The normalized spacial score (nSPS) is 16.9. The topological polar surface area (TPSA) is 47.9 Å². The van der Waals surface area contributed by atoms with E-state index in [1.165, 1.54) is 11.1 Å². The van der Waals surface area contributed by atoms with Gasteiger partial charge in [-0.2, -0.15) is 0 Å². The number of hydrogen-bond donors (Lipinski definition) is 1. The van der Waals surface area contributed by atoms with Gasteiger partial charge in [0.25, 0.3) is 0 Å². The molecule has 5 nitrogen and oxygen atoms in total. The van der Waals surface area contributed by atoms with Gasteiger partial charge < -0.3 is 15.1 Å². The van der Waals surface area contributed by atoms with Crippen LogP contribution in [0.1, 0.15) is 37.8 Å². The molecule has 0 aliphatic carbocycles. The molecule has 5 heteroatoms. The number of guanidine groups is 1. The molecule has 1 unspecified atom stereocenters. The summed E-state index contributed by atoms with van der Waals surface area (Å²) in [5.41, 5.74) is 2.60. The number of piperazine rings is 1. The molecule has 0 aromatic heterocycles. The fourth-order valence-corrected chi connectivity index (χ4v) is 2.88. The van der Waals surface area contributed by atoms with Crippen molar-refractivity contribution in [2.45, 2.75) is 33.6 Å². The van der Waals surface area contributed by atoms with E-state index >= 15 is 0 Å². The van der Waals surface area contributed by atoms with E-state index in [4.69, 9.17) is 4.99 Å². The highest BCUT2D eigenvalue weighted by atomic mass is 16.2. The molecule has 0 saturated carbocycles. The van der Waals surface area contributed by atoms with Crippen LogP contribution in [0.2, 0.25) is 0 Å². The molecule has 1 aliphatic rings. The predicted octanol–water partition coefficient (Wildman–Crippen LogP) is 2.23. The number of aliphatic imine (C=N–C) groups is 1. The lowest BCUT2D eigenvalue weighted by molar-refractivity contribution is -0.130. The summed E-state index contributed by atoms with van der Waals surface area (Å²) < 4.78 is 0. The molecule has 1 atom stereocenters. The first-order chi connectivity index (χ1) is 11.5. The second-order valence-electron chi connectivity index (χ2n) is 6.50. The van der Waals surface area contributed by atoms with Gasteiger partial charge in [-0.05, 0) is 19.4 Å². The van der Waals surface area contributed by atoms with Gasteiger partial charge >= 0.3 is 0 Å². The van der Waals surface area contributed by atoms with E-state index in [1.807, 2.05) is 4.90 Å². The van der Waals surface area contributed by atoms with Crippen molar-refractivity contribution >= 4 is 11.9 Å². The SMILES string of the molecule is CCNC(=NCC(C)c1ccc(C)cc1)N1CCN(C(C)=O)CC1. The van der Waals surface area contributed by atoms with Gasteiger partial charge in [0.1, 0.15) is 0 Å². The minimum atomic E-state index is 0.157. The summed E-state index contributed by atoms with van der Waals surface area (Å²) in [4.78, 5) is 20.4. The van der Waals surface area contributed by atoms with Crippen LogP contribution in [0.4, 0.5) is 0 Å². The quantitative estimate of drug-likeness (QED) is 0.680. The van der Waals surface area contributed by atoms with Gasteiger partial charge in [-0.15, -0.1) is 0 Å². The third-order valence-electron chi connectivity index (χ3n) is 4.52. The fourth-order valence-electron chi connectivity index (χ4n) is 2.88. The molecular weight excluding hydrogens is 300 g/mol. The lowest BCUT2D eigenvalue weighted by atomic mass is 10.0. The van der Waals surface area contributed by atoms with Gasteiger partial charge in [-0.25, -0.2) is 0 Å². The van der Waals surface area contributed by atoms with Crippen molar-refractivity contribution in [3.8, 4) is 0 Å². The van der Waals surface area contributed by atoms with Crippen molar-refractivity contribution in [1.29, 1.82) is 0 Å². The van der Waals surface area contributed by atoms with Gasteiger partial charge in [0.2, 0.25) is 5.91 Å². The summed E-state index contributed by atoms with van der Waals surface area (Å²) >= 11 is 0. The Balaban J connectivity index is 1.97. The maximum Gasteiger partial charge on any atom is 0.219 e. The molecule has 1 amide bonds. The van der Waals surface area contributed by atoms with Crippen molar-refractivity contribution in [1.82, 2.24) is 15.1 Å². The largest absolute Gasteiger partial charge is 0.357 e. The first kappa shape index (κ1) is 18.3.